The van der Waals surface area contributed by atoms with Gasteiger partial charge in [0.1, 0.15) is 5.75 Å². The average molecular weight is 410 g/mol. The zero-order chi connectivity index (χ0) is 20.7. The van der Waals surface area contributed by atoms with Gasteiger partial charge in [-0.25, -0.2) is 0 Å². The van der Waals surface area contributed by atoms with Gasteiger partial charge in [0.2, 0.25) is 0 Å². The van der Waals surface area contributed by atoms with Gasteiger partial charge in [0, 0.05) is 11.6 Å². The first-order valence-electron chi connectivity index (χ1n) is 11.2. The molecule has 28 heavy (non-hydrogen) atoms. The van der Waals surface area contributed by atoms with Crippen LogP contribution < -0.4 is 10.1 Å². The lowest BCUT2D eigenvalue weighted by Crippen LogP contribution is -2.46. The van der Waals surface area contributed by atoms with Crippen LogP contribution in [0.25, 0.3) is 0 Å². The highest BCUT2D eigenvalue weighted by atomic mass is 35.5. The summed E-state index contributed by atoms with van der Waals surface area (Å²) in [6.45, 7) is 6.56. The molecule has 3 nitrogen and oxygen atoms in total. The summed E-state index contributed by atoms with van der Waals surface area (Å²) in [5, 5.41) is 3.65. The molecular weight excluding hydrogens is 370 g/mol. The minimum atomic E-state index is -0.898. The van der Waals surface area contributed by atoms with Gasteiger partial charge in [0.15, 0.2) is 5.60 Å². The number of unbranched alkanes of at least 4 members (excludes halogenated alkanes) is 11. The third-order valence-corrected chi connectivity index (χ3v) is 5.30. The second kappa shape index (κ2) is 14.7. The molecular formula is C24H40ClNO2. The number of benzene rings is 1. The SMILES string of the molecule is CCCCCCCCCCCCCCNC(=O)C(C)(C)Oc1ccc(Cl)cc1. The molecule has 0 fully saturated rings. The molecule has 1 N–H and O–H groups in total. The first-order chi connectivity index (χ1) is 13.5. The fraction of sp³-hybridized carbons (Fsp3) is 0.708. The van der Waals surface area contributed by atoms with Crippen LogP contribution in [0.3, 0.4) is 0 Å². The summed E-state index contributed by atoms with van der Waals surface area (Å²) in [6.07, 6.45) is 15.8. The third kappa shape index (κ3) is 11.6. The topological polar surface area (TPSA) is 38.3 Å². The zero-order valence-corrected chi connectivity index (χ0v) is 19.0. The van der Waals surface area contributed by atoms with Crippen molar-refractivity contribution in [3.05, 3.63) is 29.3 Å². The van der Waals surface area contributed by atoms with Gasteiger partial charge in [0.05, 0.1) is 0 Å². The van der Waals surface area contributed by atoms with Crippen LogP contribution in [-0.4, -0.2) is 18.1 Å². The minimum absolute atomic E-state index is 0.0782. The Balaban J connectivity index is 2.01. The second-order valence-corrected chi connectivity index (χ2v) is 8.65. The minimum Gasteiger partial charge on any atom is -0.478 e. The summed E-state index contributed by atoms with van der Waals surface area (Å²) in [4.78, 5) is 12.4. The Bertz CT molecular complexity index is 528. The lowest BCUT2D eigenvalue weighted by molar-refractivity contribution is -0.134. The molecule has 0 heterocycles. The molecule has 0 saturated heterocycles. The number of hydrogen-bond acceptors (Lipinski definition) is 2. The second-order valence-electron chi connectivity index (χ2n) is 8.21. The van der Waals surface area contributed by atoms with Crippen LogP contribution in [0, 0.1) is 0 Å². The molecule has 0 unspecified atom stereocenters. The Kier molecular flexibility index (Phi) is 13.1. The lowest BCUT2D eigenvalue weighted by atomic mass is 10.1. The zero-order valence-electron chi connectivity index (χ0n) is 18.2. The maximum Gasteiger partial charge on any atom is 0.263 e. The smallest absolute Gasteiger partial charge is 0.263 e. The van der Waals surface area contributed by atoms with Gasteiger partial charge >= 0.3 is 0 Å². The van der Waals surface area contributed by atoms with Gasteiger partial charge in [-0.2, -0.15) is 0 Å². The van der Waals surface area contributed by atoms with Gasteiger partial charge in [-0.1, -0.05) is 89.2 Å². The van der Waals surface area contributed by atoms with Crippen LogP contribution in [0.1, 0.15) is 97.8 Å². The van der Waals surface area contributed by atoms with Crippen molar-refractivity contribution in [2.75, 3.05) is 6.54 Å². The summed E-state index contributed by atoms with van der Waals surface area (Å²) in [5.41, 5.74) is -0.898. The van der Waals surface area contributed by atoms with Crippen LogP contribution in [-0.2, 0) is 4.79 Å². The monoisotopic (exact) mass is 409 g/mol. The number of halogens is 1. The van der Waals surface area contributed by atoms with Crippen molar-refractivity contribution >= 4 is 17.5 Å². The Morgan fingerprint density at radius 1 is 0.857 bits per heavy atom. The summed E-state index contributed by atoms with van der Waals surface area (Å²) in [6, 6.07) is 7.08. The van der Waals surface area contributed by atoms with Crippen LogP contribution >= 0.6 is 11.6 Å². The number of rotatable bonds is 16. The largest absolute Gasteiger partial charge is 0.478 e. The number of nitrogens with one attached hydrogen (secondary N) is 1. The molecule has 4 heteroatoms. The average Bonchev–Trinajstić information content (AvgIpc) is 2.67. The van der Waals surface area contributed by atoms with E-state index in [1.165, 1.54) is 70.6 Å². The van der Waals surface area contributed by atoms with E-state index in [0.717, 1.165) is 6.42 Å². The normalized spacial score (nSPS) is 11.4. The van der Waals surface area contributed by atoms with E-state index >= 15 is 0 Å². The number of hydrogen-bond donors (Lipinski definition) is 1. The molecule has 1 aromatic rings. The van der Waals surface area contributed by atoms with Gasteiger partial charge in [-0.15, -0.1) is 0 Å². The molecule has 1 amide bonds. The molecule has 0 aliphatic heterocycles. The van der Waals surface area contributed by atoms with E-state index in [0.29, 0.717) is 17.3 Å². The fourth-order valence-electron chi connectivity index (χ4n) is 3.22. The fourth-order valence-corrected chi connectivity index (χ4v) is 3.35. The molecule has 1 rings (SSSR count). The predicted molar refractivity (Wildman–Crippen MR) is 120 cm³/mol. The van der Waals surface area contributed by atoms with Gasteiger partial charge in [0.25, 0.3) is 5.91 Å². The number of ether oxygens (including phenoxy) is 1. The first kappa shape index (κ1) is 24.8. The van der Waals surface area contributed by atoms with E-state index in [-0.39, 0.29) is 5.91 Å². The van der Waals surface area contributed by atoms with Gasteiger partial charge < -0.3 is 10.1 Å². The summed E-state index contributed by atoms with van der Waals surface area (Å²) in [5.74, 6) is 0.570. The summed E-state index contributed by atoms with van der Waals surface area (Å²) in [7, 11) is 0. The highest BCUT2D eigenvalue weighted by Crippen LogP contribution is 2.21. The summed E-state index contributed by atoms with van der Waals surface area (Å²) < 4.78 is 5.81. The predicted octanol–water partition coefficient (Wildman–Crippen LogP) is 7.31. The third-order valence-electron chi connectivity index (χ3n) is 5.05. The standard InChI is InChI=1S/C24H40ClNO2/c1-4-5-6-7-8-9-10-11-12-13-14-15-20-26-23(27)24(2,3)28-22-18-16-21(25)17-19-22/h16-19H,4-15,20H2,1-3H3,(H,26,27). The summed E-state index contributed by atoms with van der Waals surface area (Å²) >= 11 is 5.88. The Labute approximate surface area is 177 Å². The van der Waals surface area contributed by atoms with Crippen LogP contribution in [0.4, 0.5) is 0 Å². The molecule has 0 aliphatic rings. The molecule has 0 aromatic heterocycles. The van der Waals surface area contributed by atoms with Crippen molar-refractivity contribution in [2.24, 2.45) is 0 Å². The Hall–Kier alpha value is -1.22. The molecule has 1 aromatic carbocycles. The van der Waals surface area contributed by atoms with Crippen LogP contribution in [0.5, 0.6) is 5.75 Å². The van der Waals surface area contributed by atoms with E-state index in [4.69, 9.17) is 16.3 Å². The number of carbonyl (C=O) groups is 1. The van der Waals surface area contributed by atoms with Crippen molar-refractivity contribution in [3.8, 4) is 5.75 Å². The van der Waals surface area contributed by atoms with Gasteiger partial charge in [-0.3, -0.25) is 4.79 Å². The van der Waals surface area contributed by atoms with E-state index in [1.54, 1.807) is 38.1 Å². The van der Waals surface area contributed by atoms with E-state index < -0.39 is 5.60 Å². The maximum absolute atomic E-state index is 12.4. The van der Waals surface area contributed by atoms with Crippen molar-refractivity contribution < 1.29 is 9.53 Å². The maximum atomic E-state index is 12.4. The van der Waals surface area contributed by atoms with Crippen molar-refractivity contribution in [1.82, 2.24) is 5.32 Å². The highest BCUT2D eigenvalue weighted by Gasteiger charge is 2.29. The van der Waals surface area contributed by atoms with E-state index in [9.17, 15) is 4.79 Å². The molecule has 0 atom stereocenters. The van der Waals surface area contributed by atoms with Crippen LogP contribution in [0.2, 0.25) is 5.02 Å². The van der Waals surface area contributed by atoms with Crippen LogP contribution in [0.15, 0.2) is 24.3 Å². The van der Waals surface area contributed by atoms with Crippen molar-refractivity contribution in [3.63, 3.8) is 0 Å². The molecule has 0 bridgehead atoms. The molecule has 160 valence electrons. The highest BCUT2D eigenvalue weighted by molar-refractivity contribution is 6.30. The Morgan fingerprint density at radius 2 is 1.32 bits per heavy atom. The van der Waals surface area contributed by atoms with Crippen molar-refractivity contribution in [2.45, 2.75) is 103 Å². The number of carbonyl (C=O) groups excluding carboxylic acids is 1. The first-order valence-corrected chi connectivity index (χ1v) is 11.6. The molecule has 0 radical (unpaired) electrons. The molecule has 0 saturated carbocycles. The lowest BCUT2D eigenvalue weighted by Gasteiger charge is -2.25. The van der Waals surface area contributed by atoms with E-state index in [2.05, 4.69) is 12.2 Å². The van der Waals surface area contributed by atoms with Gasteiger partial charge in [-0.05, 0) is 44.5 Å². The van der Waals surface area contributed by atoms with E-state index in [1.807, 2.05) is 0 Å². The quantitative estimate of drug-likeness (QED) is 0.290. The molecule has 0 spiro atoms. The van der Waals surface area contributed by atoms with Crippen molar-refractivity contribution in [1.29, 1.82) is 0 Å². The number of amides is 1. The molecule has 0 aliphatic carbocycles. The Morgan fingerprint density at radius 3 is 1.82 bits per heavy atom.